The number of allylic oxidation sites excluding steroid dienone is 2. The molecule has 0 aromatic carbocycles. The monoisotopic (exact) mass is 430 g/mol. The third-order valence-corrected chi connectivity index (χ3v) is 7.14. The van der Waals surface area contributed by atoms with Gasteiger partial charge >= 0.3 is 0 Å². The van der Waals surface area contributed by atoms with E-state index >= 15 is 0 Å². The first-order valence-electron chi connectivity index (χ1n) is 9.61. The van der Waals surface area contributed by atoms with Gasteiger partial charge in [-0.15, -0.1) is 11.3 Å². The number of hydrogen-bond acceptors (Lipinski definition) is 6. The zero-order valence-corrected chi connectivity index (χ0v) is 17.7. The number of hydrazone groups is 1. The van der Waals surface area contributed by atoms with Gasteiger partial charge in [0.25, 0.3) is 5.91 Å². The average Bonchev–Trinajstić information content (AvgIpc) is 3.30. The fraction of sp³-hybridized carbons (Fsp3) is 0.381. The van der Waals surface area contributed by atoms with Gasteiger partial charge in [0.15, 0.2) is 0 Å². The summed E-state index contributed by atoms with van der Waals surface area (Å²) in [6.07, 6.45) is 7.79. The summed E-state index contributed by atoms with van der Waals surface area (Å²) >= 11 is 7.80. The highest BCUT2D eigenvalue weighted by Gasteiger charge is 2.51. The molecule has 0 aliphatic carbocycles. The van der Waals surface area contributed by atoms with E-state index in [0.717, 1.165) is 23.3 Å². The molecule has 2 unspecified atom stereocenters. The van der Waals surface area contributed by atoms with Crippen molar-refractivity contribution in [2.24, 2.45) is 10.9 Å². The van der Waals surface area contributed by atoms with Crippen molar-refractivity contribution in [2.75, 3.05) is 0 Å². The number of halogens is 1. The van der Waals surface area contributed by atoms with Crippen LogP contribution < -0.4 is 5.84 Å². The van der Waals surface area contributed by atoms with Crippen LogP contribution in [0.5, 0.6) is 0 Å². The number of carbonyl (C=O) groups excluding carboxylic acids is 1. The topological polar surface area (TPSA) is 91.8 Å². The van der Waals surface area contributed by atoms with Crippen molar-refractivity contribution in [3.63, 3.8) is 0 Å². The molecule has 2 fully saturated rings. The summed E-state index contributed by atoms with van der Waals surface area (Å²) in [5, 5.41) is 17.3. The molecule has 6 nitrogen and oxygen atoms in total. The molecule has 0 radical (unpaired) electrons. The van der Waals surface area contributed by atoms with Gasteiger partial charge in [-0.3, -0.25) is 9.78 Å². The van der Waals surface area contributed by atoms with E-state index < -0.39 is 5.60 Å². The molecule has 4 heterocycles. The predicted molar refractivity (Wildman–Crippen MR) is 116 cm³/mol. The Balaban J connectivity index is 1.57. The Hall–Kier alpha value is -2.22. The zero-order chi connectivity index (χ0) is 20.6. The number of pyridine rings is 1. The number of fused-ring (bicyclic) bond motifs is 2. The van der Waals surface area contributed by atoms with Gasteiger partial charge in [0.1, 0.15) is 5.60 Å². The van der Waals surface area contributed by atoms with Gasteiger partial charge in [-0.05, 0) is 38.0 Å². The number of aromatic nitrogens is 1. The molecule has 2 aliphatic rings. The number of piperidine rings is 1. The van der Waals surface area contributed by atoms with E-state index in [9.17, 15) is 9.90 Å². The lowest BCUT2D eigenvalue weighted by Crippen LogP contribution is -2.52. The number of rotatable bonds is 4. The third-order valence-electron chi connectivity index (χ3n) is 5.86. The quantitative estimate of drug-likeness (QED) is 0.438. The van der Waals surface area contributed by atoms with Crippen molar-refractivity contribution in [3.05, 3.63) is 57.0 Å². The van der Waals surface area contributed by atoms with Gasteiger partial charge in [0, 0.05) is 47.0 Å². The molecule has 2 aliphatic heterocycles. The normalized spacial score (nSPS) is 27.0. The highest BCUT2D eigenvalue weighted by molar-refractivity contribution is 7.11. The van der Waals surface area contributed by atoms with Crippen LogP contribution in [0.4, 0.5) is 0 Å². The molecule has 0 saturated carbocycles. The molecule has 2 atom stereocenters. The van der Waals surface area contributed by atoms with E-state index in [0.29, 0.717) is 29.1 Å². The zero-order valence-electron chi connectivity index (χ0n) is 16.1. The lowest BCUT2D eigenvalue weighted by atomic mass is 9.83. The Labute approximate surface area is 178 Å². The van der Waals surface area contributed by atoms with E-state index in [-0.39, 0.29) is 18.0 Å². The molecule has 8 heteroatoms. The van der Waals surface area contributed by atoms with E-state index in [1.54, 1.807) is 24.5 Å². The molecule has 2 bridgehead atoms. The first-order valence-corrected chi connectivity index (χ1v) is 10.9. The number of amides is 1. The van der Waals surface area contributed by atoms with Crippen molar-refractivity contribution < 1.29 is 9.90 Å². The first-order chi connectivity index (χ1) is 14.0. The standard InChI is InChI=1S/C21H23ClN4O2S/c1-2-13(11-25-23)18-8-14(12-29-18)20(27)26-15-5-6-16(26)10-21(28,9-15)19-17(22)4-3-7-24-19/h2-4,7-8,11-12,15-16,28H,5-6,9-10,23H2,1H3/b13-2+,25-11-. The first kappa shape index (κ1) is 20.1. The summed E-state index contributed by atoms with van der Waals surface area (Å²) in [5.74, 6) is 5.28. The maximum atomic E-state index is 13.3. The van der Waals surface area contributed by atoms with Crippen LogP contribution in [0.3, 0.4) is 0 Å². The van der Waals surface area contributed by atoms with Crippen LogP contribution in [0, 0.1) is 0 Å². The van der Waals surface area contributed by atoms with Crippen molar-refractivity contribution in [2.45, 2.75) is 50.3 Å². The van der Waals surface area contributed by atoms with E-state index in [1.807, 2.05) is 29.3 Å². The second kappa shape index (κ2) is 7.89. The SMILES string of the molecule is C/C=C(\C=N/N)c1cc(C(=O)N2C3CCC2CC(O)(c2ncccc2Cl)C3)cs1. The lowest BCUT2D eigenvalue weighted by Gasteiger charge is -2.43. The lowest BCUT2D eigenvalue weighted by molar-refractivity contribution is -0.0507. The number of carbonyl (C=O) groups is 1. The highest BCUT2D eigenvalue weighted by Crippen LogP contribution is 2.47. The number of thiophene rings is 1. The summed E-state index contributed by atoms with van der Waals surface area (Å²) in [5.41, 5.74) is 0.962. The Morgan fingerprint density at radius 2 is 2.17 bits per heavy atom. The summed E-state index contributed by atoms with van der Waals surface area (Å²) < 4.78 is 0. The second-order valence-electron chi connectivity index (χ2n) is 7.59. The number of aliphatic hydroxyl groups is 1. The second-order valence-corrected chi connectivity index (χ2v) is 8.91. The van der Waals surface area contributed by atoms with Crippen LogP contribution in [0.2, 0.25) is 5.02 Å². The van der Waals surface area contributed by atoms with Crippen LogP contribution in [0.25, 0.3) is 5.57 Å². The van der Waals surface area contributed by atoms with Crippen LogP contribution in [-0.4, -0.2) is 39.2 Å². The number of nitrogens with zero attached hydrogens (tertiary/aromatic N) is 3. The molecule has 29 heavy (non-hydrogen) atoms. The van der Waals surface area contributed by atoms with Crippen molar-refractivity contribution in [1.29, 1.82) is 0 Å². The number of nitrogens with two attached hydrogens (primary N) is 1. The third kappa shape index (κ3) is 3.58. The molecule has 152 valence electrons. The molecule has 2 aromatic heterocycles. The minimum absolute atomic E-state index is 0.00862. The molecule has 3 N–H and O–H groups in total. The Kier molecular flexibility index (Phi) is 5.46. The predicted octanol–water partition coefficient (Wildman–Crippen LogP) is 3.80. The minimum Gasteiger partial charge on any atom is -0.383 e. The maximum absolute atomic E-state index is 13.3. The van der Waals surface area contributed by atoms with Crippen molar-refractivity contribution in [1.82, 2.24) is 9.88 Å². The molecule has 0 spiro atoms. The van der Waals surface area contributed by atoms with Gasteiger partial charge in [0.05, 0.1) is 22.5 Å². The number of hydrogen-bond donors (Lipinski definition) is 2. The summed E-state index contributed by atoms with van der Waals surface area (Å²) in [6, 6.07) is 5.33. The Bertz CT molecular complexity index is 973. The summed E-state index contributed by atoms with van der Waals surface area (Å²) in [6.45, 7) is 1.91. The van der Waals surface area contributed by atoms with Gasteiger partial charge in [-0.1, -0.05) is 17.7 Å². The molecule has 2 aromatic rings. The summed E-state index contributed by atoms with van der Waals surface area (Å²) in [7, 11) is 0. The van der Waals surface area contributed by atoms with Crippen LogP contribution in [0.15, 0.2) is 41.0 Å². The Morgan fingerprint density at radius 3 is 2.79 bits per heavy atom. The van der Waals surface area contributed by atoms with Crippen molar-refractivity contribution >= 4 is 40.6 Å². The fourth-order valence-electron chi connectivity index (χ4n) is 4.59. The van der Waals surface area contributed by atoms with Gasteiger partial charge in [-0.2, -0.15) is 5.10 Å². The maximum Gasteiger partial charge on any atom is 0.255 e. The van der Waals surface area contributed by atoms with Gasteiger partial charge in [0.2, 0.25) is 0 Å². The molecule has 2 saturated heterocycles. The Morgan fingerprint density at radius 1 is 1.45 bits per heavy atom. The largest absolute Gasteiger partial charge is 0.383 e. The van der Waals surface area contributed by atoms with E-state index in [2.05, 4.69) is 10.1 Å². The molecule has 1 amide bonds. The fourth-order valence-corrected chi connectivity index (χ4v) is 5.81. The highest BCUT2D eigenvalue weighted by atomic mass is 35.5. The smallest absolute Gasteiger partial charge is 0.255 e. The van der Waals surface area contributed by atoms with Crippen LogP contribution in [-0.2, 0) is 5.60 Å². The van der Waals surface area contributed by atoms with E-state index in [1.165, 1.54) is 11.3 Å². The average molecular weight is 431 g/mol. The van der Waals surface area contributed by atoms with Crippen LogP contribution >= 0.6 is 22.9 Å². The molecular weight excluding hydrogens is 408 g/mol. The minimum atomic E-state index is -1.10. The van der Waals surface area contributed by atoms with Crippen LogP contribution in [0.1, 0.15) is 53.5 Å². The van der Waals surface area contributed by atoms with Crippen molar-refractivity contribution in [3.8, 4) is 0 Å². The summed E-state index contributed by atoms with van der Waals surface area (Å²) in [4.78, 5) is 20.5. The van der Waals surface area contributed by atoms with E-state index in [4.69, 9.17) is 17.4 Å². The van der Waals surface area contributed by atoms with Gasteiger partial charge < -0.3 is 15.8 Å². The molecular formula is C21H23ClN4O2S. The van der Waals surface area contributed by atoms with Gasteiger partial charge in [-0.25, -0.2) is 0 Å². The molecule has 4 rings (SSSR count).